The summed E-state index contributed by atoms with van der Waals surface area (Å²) in [5.74, 6) is -0.256. The highest BCUT2D eigenvalue weighted by Gasteiger charge is 2.32. The molecule has 0 atom stereocenters. The number of Topliss-reactive ketones (excluding diaryl/α,β-unsaturated/α-hetero) is 2. The van der Waals surface area contributed by atoms with Gasteiger partial charge in [-0.15, -0.1) is 0 Å². The van der Waals surface area contributed by atoms with Crippen LogP contribution in [0.4, 0.5) is 4.79 Å². The fraction of sp³-hybridized carbons (Fsp3) is 0.348. The Hall–Kier alpha value is -2.95. The Bertz CT molecular complexity index is 753. The van der Waals surface area contributed by atoms with Gasteiger partial charge in [-0.1, -0.05) is 60.7 Å². The average molecular weight is 382 g/mol. The Morgan fingerprint density at radius 3 is 1.29 bits per heavy atom. The monoisotopic (exact) mass is 382 g/mol. The van der Waals surface area contributed by atoms with Crippen molar-refractivity contribution in [2.24, 2.45) is 0 Å². The van der Waals surface area contributed by atoms with Crippen molar-refractivity contribution in [1.82, 2.24) is 0 Å². The molecule has 148 valence electrons. The van der Waals surface area contributed by atoms with Crippen LogP contribution in [-0.2, 0) is 9.47 Å². The second-order valence-electron chi connectivity index (χ2n) is 7.91. The highest BCUT2D eigenvalue weighted by Crippen LogP contribution is 2.23. The first kappa shape index (κ1) is 21.4. The fourth-order valence-electron chi connectivity index (χ4n) is 2.77. The van der Waals surface area contributed by atoms with Crippen LogP contribution in [0.5, 0.6) is 0 Å². The molecule has 0 aliphatic rings. The van der Waals surface area contributed by atoms with E-state index in [2.05, 4.69) is 0 Å². The number of hydrogen-bond donors (Lipinski definition) is 0. The quantitative estimate of drug-likeness (QED) is 0.461. The molecular weight excluding hydrogens is 356 g/mol. The minimum atomic E-state index is -1.04. The zero-order valence-corrected chi connectivity index (χ0v) is 16.7. The highest BCUT2D eigenvalue weighted by molar-refractivity contribution is 5.97. The molecule has 2 aromatic carbocycles. The van der Waals surface area contributed by atoms with E-state index < -0.39 is 17.4 Å². The van der Waals surface area contributed by atoms with Crippen LogP contribution in [0.25, 0.3) is 0 Å². The number of rotatable bonds is 8. The maximum absolute atomic E-state index is 12.4. The van der Waals surface area contributed by atoms with Crippen molar-refractivity contribution in [3.05, 3.63) is 71.8 Å². The summed E-state index contributed by atoms with van der Waals surface area (Å²) in [6, 6.07) is 17.6. The molecule has 28 heavy (non-hydrogen) atoms. The Morgan fingerprint density at radius 2 is 0.964 bits per heavy atom. The third kappa shape index (κ3) is 6.65. The van der Waals surface area contributed by atoms with E-state index in [9.17, 15) is 14.4 Å². The second kappa shape index (κ2) is 8.83. The van der Waals surface area contributed by atoms with E-state index in [0.29, 0.717) is 11.1 Å². The van der Waals surface area contributed by atoms with Crippen molar-refractivity contribution < 1.29 is 23.9 Å². The van der Waals surface area contributed by atoms with E-state index in [1.54, 1.807) is 76.2 Å². The molecule has 0 saturated heterocycles. The molecule has 0 N–H and O–H groups in total. The molecule has 0 unspecified atom stereocenters. The number of ether oxygens (including phenoxy) is 2. The number of benzene rings is 2. The summed E-state index contributed by atoms with van der Waals surface area (Å²) in [5, 5.41) is 0. The smallest absolute Gasteiger partial charge is 0.428 e. The fourth-order valence-corrected chi connectivity index (χ4v) is 2.77. The van der Waals surface area contributed by atoms with Crippen molar-refractivity contribution in [2.75, 3.05) is 0 Å². The van der Waals surface area contributed by atoms with Gasteiger partial charge in [-0.05, 0) is 27.7 Å². The van der Waals surface area contributed by atoms with E-state index in [4.69, 9.17) is 9.47 Å². The molecule has 2 aromatic rings. The van der Waals surface area contributed by atoms with Crippen LogP contribution in [-0.4, -0.2) is 28.9 Å². The summed E-state index contributed by atoms with van der Waals surface area (Å²) >= 11 is 0. The van der Waals surface area contributed by atoms with E-state index in [1.165, 1.54) is 0 Å². The first-order valence-electron chi connectivity index (χ1n) is 9.16. The van der Waals surface area contributed by atoms with Gasteiger partial charge in [-0.2, -0.15) is 0 Å². The standard InChI is InChI=1S/C23H26O5/c1-22(2,15-19(24)17-11-7-5-8-12-17)27-21(26)28-23(3,4)16-20(25)18-13-9-6-10-14-18/h5-14H,15-16H2,1-4H3. The topological polar surface area (TPSA) is 69.7 Å². The minimum absolute atomic E-state index is 0.0233. The molecule has 0 saturated carbocycles. The van der Waals surface area contributed by atoms with Crippen LogP contribution in [0.15, 0.2) is 60.7 Å². The van der Waals surface area contributed by atoms with Crippen molar-refractivity contribution >= 4 is 17.7 Å². The lowest BCUT2D eigenvalue weighted by atomic mass is 9.97. The number of hydrogen-bond acceptors (Lipinski definition) is 5. The molecule has 0 fully saturated rings. The second-order valence-corrected chi connectivity index (χ2v) is 7.91. The van der Waals surface area contributed by atoms with Gasteiger partial charge in [0.1, 0.15) is 11.2 Å². The van der Waals surface area contributed by atoms with Crippen molar-refractivity contribution in [1.29, 1.82) is 0 Å². The van der Waals surface area contributed by atoms with Gasteiger partial charge in [-0.3, -0.25) is 9.59 Å². The number of carbonyl (C=O) groups excluding carboxylic acids is 3. The Morgan fingerprint density at radius 1 is 0.643 bits per heavy atom. The molecule has 5 nitrogen and oxygen atoms in total. The van der Waals surface area contributed by atoms with E-state index in [-0.39, 0.29) is 24.4 Å². The van der Waals surface area contributed by atoms with Gasteiger partial charge in [0.2, 0.25) is 0 Å². The third-order valence-electron chi connectivity index (χ3n) is 4.08. The summed E-state index contributed by atoms with van der Waals surface area (Å²) < 4.78 is 10.7. The predicted molar refractivity (Wildman–Crippen MR) is 107 cm³/mol. The zero-order chi connectivity index (χ0) is 20.8. The number of ketones is 2. The Balaban J connectivity index is 1.92. The SMILES string of the molecule is CC(C)(CC(=O)c1ccccc1)OC(=O)OC(C)(C)CC(=O)c1ccccc1. The molecule has 0 heterocycles. The zero-order valence-electron chi connectivity index (χ0n) is 16.7. The summed E-state index contributed by atoms with van der Waals surface area (Å²) in [6.45, 7) is 6.60. The maximum Gasteiger partial charge on any atom is 0.509 e. The van der Waals surface area contributed by atoms with Crippen LogP contribution in [0.3, 0.4) is 0 Å². The number of carbonyl (C=O) groups is 3. The van der Waals surface area contributed by atoms with Crippen LogP contribution >= 0.6 is 0 Å². The van der Waals surface area contributed by atoms with Crippen LogP contribution in [0, 0.1) is 0 Å². The summed E-state index contributed by atoms with van der Waals surface area (Å²) in [6.07, 6.45) is -0.859. The van der Waals surface area contributed by atoms with Gasteiger partial charge >= 0.3 is 6.16 Å². The lowest BCUT2D eigenvalue weighted by Crippen LogP contribution is -2.36. The largest absolute Gasteiger partial charge is 0.509 e. The molecular formula is C23H26O5. The molecule has 0 amide bonds. The van der Waals surface area contributed by atoms with E-state index in [0.717, 1.165) is 0 Å². The van der Waals surface area contributed by atoms with Crippen molar-refractivity contribution in [3.8, 4) is 0 Å². The molecule has 0 spiro atoms. The van der Waals surface area contributed by atoms with Gasteiger partial charge in [-0.25, -0.2) is 4.79 Å². The molecule has 0 aromatic heterocycles. The highest BCUT2D eigenvalue weighted by atomic mass is 16.7. The molecule has 2 rings (SSSR count). The van der Waals surface area contributed by atoms with Gasteiger partial charge in [0.25, 0.3) is 0 Å². The average Bonchev–Trinajstić information content (AvgIpc) is 2.61. The lowest BCUT2D eigenvalue weighted by Gasteiger charge is -2.28. The summed E-state index contributed by atoms with van der Waals surface area (Å²) in [4.78, 5) is 36.9. The van der Waals surface area contributed by atoms with Crippen molar-refractivity contribution in [3.63, 3.8) is 0 Å². The Kier molecular flexibility index (Phi) is 6.73. The lowest BCUT2D eigenvalue weighted by molar-refractivity contribution is -0.0578. The maximum atomic E-state index is 12.4. The third-order valence-corrected chi connectivity index (χ3v) is 4.08. The first-order valence-corrected chi connectivity index (χ1v) is 9.16. The van der Waals surface area contributed by atoms with Gasteiger partial charge < -0.3 is 9.47 Å². The summed E-state index contributed by atoms with van der Waals surface area (Å²) in [5.41, 5.74) is -0.963. The van der Waals surface area contributed by atoms with Gasteiger partial charge in [0.15, 0.2) is 11.6 Å². The minimum Gasteiger partial charge on any atom is -0.428 e. The van der Waals surface area contributed by atoms with Crippen molar-refractivity contribution in [2.45, 2.75) is 51.7 Å². The van der Waals surface area contributed by atoms with Crippen LogP contribution in [0.2, 0.25) is 0 Å². The predicted octanol–water partition coefficient (Wildman–Crippen LogP) is 5.24. The normalized spacial score (nSPS) is 11.6. The van der Waals surface area contributed by atoms with Gasteiger partial charge in [0, 0.05) is 11.1 Å². The van der Waals surface area contributed by atoms with Crippen LogP contribution < -0.4 is 0 Å². The first-order chi connectivity index (χ1) is 13.1. The molecule has 0 radical (unpaired) electrons. The summed E-state index contributed by atoms with van der Waals surface area (Å²) in [7, 11) is 0. The molecule has 0 aliphatic heterocycles. The van der Waals surface area contributed by atoms with Crippen LogP contribution in [0.1, 0.15) is 61.3 Å². The van der Waals surface area contributed by atoms with Gasteiger partial charge in [0.05, 0.1) is 12.8 Å². The van der Waals surface area contributed by atoms with E-state index >= 15 is 0 Å². The molecule has 0 aliphatic carbocycles. The molecule has 0 bridgehead atoms. The van der Waals surface area contributed by atoms with E-state index in [1.807, 2.05) is 12.1 Å². The molecule has 5 heteroatoms. The Labute approximate surface area is 165 Å².